The smallest absolute Gasteiger partial charge is 0.321 e. The van der Waals surface area contributed by atoms with E-state index in [0.717, 1.165) is 9.87 Å². The number of guanidine groups is 1. The lowest BCUT2D eigenvalue weighted by Gasteiger charge is -2.25. The van der Waals surface area contributed by atoms with Crippen LogP contribution >= 0.6 is 11.8 Å². The lowest BCUT2D eigenvalue weighted by molar-refractivity contribution is -0.155. The second-order valence-electron chi connectivity index (χ2n) is 8.51. The lowest BCUT2D eigenvalue weighted by atomic mass is 10.1. The van der Waals surface area contributed by atoms with Crippen molar-refractivity contribution in [3.05, 3.63) is 66.5 Å². The fraction of sp³-hybridized carbons (Fsp3) is 0.261. The van der Waals surface area contributed by atoms with Gasteiger partial charge in [0.05, 0.1) is 16.8 Å². The van der Waals surface area contributed by atoms with Gasteiger partial charge in [-0.15, -0.1) is 4.51 Å². The van der Waals surface area contributed by atoms with Gasteiger partial charge in [-0.3, -0.25) is 9.78 Å². The van der Waals surface area contributed by atoms with Gasteiger partial charge in [-0.05, 0) is 38.5 Å². The van der Waals surface area contributed by atoms with E-state index < -0.39 is 28.1 Å². The average Bonchev–Trinajstić information content (AvgIpc) is 2.77. The quantitative estimate of drug-likeness (QED) is 0.286. The zero-order valence-corrected chi connectivity index (χ0v) is 20.6. The Bertz CT molecular complexity index is 1310. The van der Waals surface area contributed by atoms with Gasteiger partial charge in [0, 0.05) is 35.3 Å². The van der Waals surface area contributed by atoms with Crippen LogP contribution in [-0.4, -0.2) is 41.8 Å². The number of halogens is 1. The number of sulfonamides is 1. The fourth-order valence-corrected chi connectivity index (χ4v) is 4.70. The van der Waals surface area contributed by atoms with Crippen molar-refractivity contribution in [3.63, 3.8) is 0 Å². The predicted octanol–water partition coefficient (Wildman–Crippen LogP) is 3.65. The lowest BCUT2D eigenvalue weighted by Crippen LogP contribution is -2.38. The van der Waals surface area contributed by atoms with E-state index in [1.54, 1.807) is 51.1 Å². The van der Waals surface area contributed by atoms with E-state index in [0.29, 0.717) is 16.5 Å². The average molecular weight is 504 g/mol. The number of carbonyl (C=O) groups is 1. The van der Waals surface area contributed by atoms with Crippen molar-refractivity contribution in [2.75, 3.05) is 11.9 Å². The van der Waals surface area contributed by atoms with Crippen LogP contribution in [0.1, 0.15) is 26.3 Å². The largest absolute Gasteiger partial charge is 0.459 e. The first kappa shape index (κ1) is 25.4. The summed E-state index contributed by atoms with van der Waals surface area (Å²) in [6.07, 6.45) is 3.05. The van der Waals surface area contributed by atoms with Crippen LogP contribution < -0.4 is 11.1 Å². The van der Waals surface area contributed by atoms with Gasteiger partial charge in [0.15, 0.2) is 0 Å². The maximum atomic E-state index is 13.6. The molecule has 0 amide bonds. The van der Waals surface area contributed by atoms with E-state index in [4.69, 9.17) is 22.2 Å². The molecule has 0 bridgehead atoms. The van der Waals surface area contributed by atoms with Crippen LogP contribution in [0.5, 0.6) is 0 Å². The predicted molar refractivity (Wildman–Crippen MR) is 133 cm³/mol. The van der Waals surface area contributed by atoms with Crippen LogP contribution in [-0.2, 0) is 26.1 Å². The summed E-state index contributed by atoms with van der Waals surface area (Å²) in [7, 11) is -4.07. The van der Waals surface area contributed by atoms with Gasteiger partial charge in [-0.25, -0.2) is 8.42 Å². The Kier molecular flexibility index (Phi) is 7.75. The van der Waals surface area contributed by atoms with Crippen molar-refractivity contribution < 1.29 is 17.9 Å². The molecule has 1 aromatic heterocycles. The Labute approximate surface area is 203 Å². The number of nitrogens with zero attached hydrogens (tertiary/aromatic N) is 3. The van der Waals surface area contributed by atoms with Gasteiger partial charge in [-0.2, -0.15) is 4.31 Å². The fourth-order valence-electron chi connectivity index (χ4n) is 3.25. The molecule has 3 rings (SSSR count). The van der Waals surface area contributed by atoms with Gasteiger partial charge in [0.1, 0.15) is 12.1 Å². The standard InChI is InChI=1S/C23H26ClN5O4S/c1-23(2,3)33-21(30)15-29(14-16-7-5-4-6-8-16)34(31,32)18-9-10-19-17(11-18)12-26-13-20(19)27-22(25)28-24/h4-13H,14-15H2,1-3H3,(H3,25,27,28). The van der Waals surface area contributed by atoms with Crippen LogP contribution in [0.25, 0.3) is 10.8 Å². The number of nitrogens with two attached hydrogens (primary N) is 1. The molecule has 0 saturated heterocycles. The van der Waals surface area contributed by atoms with E-state index in [2.05, 4.69) is 14.8 Å². The molecule has 34 heavy (non-hydrogen) atoms. The van der Waals surface area contributed by atoms with Crippen molar-refractivity contribution in [1.82, 2.24) is 9.29 Å². The molecule has 0 spiro atoms. The molecule has 0 aliphatic heterocycles. The van der Waals surface area contributed by atoms with Gasteiger partial charge < -0.3 is 15.8 Å². The van der Waals surface area contributed by atoms with Crippen molar-refractivity contribution in [2.24, 2.45) is 10.2 Å². The Morgan fingerprint density at radius 3 is 2.53 bits per heavy atom. The molecule has 180 valence electrons. The summed E-state index contributed by atoms with van der Waals surface area (Å²) in [5.74, 6) is -0.671. The Morgan fingerprint density at radius 1 is 1.18 bits per heavy atom. The molecule has 9 nitrogen and oxygen atoms in total. The van der Waals surface area contributed by atoms with E-state index in [1.807, 2.05) is 6.07 Å². The third-order valence-corrected chi connectivity index (χ3v) is 6.62. The zero-order valence-electron chi connectivity index (χ0n) is 19.0. The number of hydrogen-bond acceptors (Lipinski definition) is 6. The minimum atomic E-state index is -4.07. The highest BCUT2D eigenvalue weighted by Crippen LogP contribution is 2.27. The summed E-state index contributed by atoms with van der Waals surface area (Å²) in [6, 6.07) is 13.6. The first-order valence-corrected chi connectivity index (χ1v) is 12.1. The molecule has 0 atom stereocenters. The van der Waals surface area contributed by atoms with Crippen molar-refractivity contribution in [1.29, 1.82) is 0 Å². The highest BCUT2D eigenvalue weighted by Gasteiger charge is 2.29. The van der Waals surface area contributed by atoms with Gasteiger partial charge in [-0.1, -0.05) is 36.4 Å². The molecule has 0 radical (unpaired) electrons. The number of benzene rings is 2. The number of anilines is 1. The third-order valence-electron chi connectivity index (χ3n) is 4.65. The van der Waals surface area contributed by atoms with Crippen LogP contribution in [0.4, 0.5) is 5.69 Å². The van der Waals surface area contributed by atoms with E-state index >= 15 is 0 Å². The Morgan fingerprint density at radius 2 is 1.88 bits per heavy atom. The maximum Gasteiger partial charge on any atom is 0.321 e. The molecular formula is C23H26ClN5O4S. The van der Waals surface area contributed by atoms with E-state index in [-0.39, 0.29) is 17.4 Å². The summed E-state index contributed by atoms with van der Waals surface area (Å²) >= 11 is 5.38. The monoisotopic (exact) mass is 503 g/mol. The second kappa shape index (κ2) is 10.4. The van der Waals surface area contributed by atoms with Gasteiger partial charge in [0.25, 0.3) is 0 Å². The first-order valence-electron chi connectivity index (χ1n) is 10.3. The number of rotatable bonds is 7. The molecule has 0 aliphatic rings. The summed E-state index contributed by atoms with van der Waals surface area (Å²) in [5, 5.41) is 4.02. The summed E-state index contributed by atoms with van der Waals surface area (Å²) in [5.41, 5.74) is 6.13. The van der Waals surface area contributed by atoms with Crippen LogP contribution in [0.2, 0.25) is 0 Å². The normalized spacial score (nSPS) is 12.7. The van der Waals surface area contributed by atoms with E-state index in [9.17, 15) is 13.2 Å². The van der Waals surface area contributed by atoms with Gasteiger partial charge >= 0.3 is 5.97 Å². The van der Waals surface area contributed by atoms with Gasteiger partial charge in [0.2, 0.25) is 16.0 Å². The minimum Gasteiger partial charge on any atom is -0.459 e. The minimum absolute atomic E-state index is 0.00299. The molecule has 0 aliphatic carbocycles. The number of carbonyl (C=O) groups excluding carboxylic acids is 1. The van der Waals surface area contributed by atoms with Crippen molar-refractivity contribution in [3.8, 4) is 0 Å². The number of esters is 1. The van der Waals surface area contributed by atoms with Crippen LogP contribution in [0.15, 0.2) is 70.3 Å². The summed E-state index contributed by atoms with van der Waals surface area (Å²) in [4.78, 5) is 16.7. The molecule has 3 N–H and O–H groups in total. The first-order chi connectivity index (χ1) is 16.0. The molecule has 1 heterocycles. The summed E-state index contributed by atoms with van der Waals surface area (Å²) in [6.45, 7) is 4.75. The Balaban J connectivity index is 1.99. The number of aromatic nitrogens is 1. The van der Waals surface area contributed by atoms with E-state index in [1.165, 1.54) is 24.5 Å². The SMILES string of the molecule is CC(C)(C)OC(=O)CN(Cc1ccccc1)S(=O)(=O)c1ccc2c(NC(N)=NCl)cncc2c1. The zero-order chi connectivity index (χ0) is 24.9. The number of hydrogen-bond donors (Lipinski definition) is 2. The molecule has 2 aromatic carbocycles. The molecule has 0 unspecified atom stereocenters. The number of fused-ring (bicyclic) bond motifs is 1. The van der Waals surface area contributed by atoms with Crippen molar-refractivity contribution in [2.45, 2.75) is 37.8 Å². The molecular weight excluding hydrogens is 478 g/mol. The molecule has 3 aromatic rings. The number of ether oxygens (including phenoxy) is 1. The second-order valence-corrected chi connectivity index (χ2v) is 10.6. The summed E-state index contributed by atoms with van der Waals surface area (Å²) < 4.78 is 37.1. The third kappa shape index (κ3) is 6.43. The van der Waals surface area contributed by atoms with Crippen LogP contribution in [0.3, 0.4) is 0 Å². The maximum absolute atomic E-state index is 13.6. The number of pyridine rings is 1. The van der Waals surface area contributed by atoms with Crippen LogP contribution in [0, 0.1) is 0 Å². The highest BCUT2D eigenvalue weighted by atomic mass is 35.5. The number of nitrogens with one attached hydrogen (secondary N) is 1. The highest BCUT2D eigenvalue weighted by molar-refractivity contribution is 7.89. The molecule has 0 fully saturated rings. The molecule has 0 saturated carbocycles. The molecule has 11 heteroatoms. The van der Waals surface area contributed by atoms with Crippen molar-refractivity contribution >= 4 is 50.2 Å². The Hall–Kier alpha value is -3.21. The topological polar surface area (TPSA) is 127 Å².